The van der Waals surface area contributed by atoms with Crippen LogP contribution in [0, 0.1) is 0 Å². The van der Waals surface area contributed by atoms with Gasteiger partial charge in [-0.3, -0.25) is 0 Å². The van der Waals surface area contributed by atoms with Gasteiger partial charge in [-0.05, 0) is 7.05 Å². The van der Waals surface area contributed by atoms with Crippen molar-refractivity contribution >= 4 is 0 Å². The van der Waals surface area contributed by atoms with Crippen LogP contribution in [-0.4, -0.2) is 39.4 Å². The lowest BCUT2D eigenvalue weighted by Crippen LogP contribution is -2.43. The minimum atomic E-state index is 0. The molecule has 1 unspecified atom stereocenters. The van der Waals surface area contributed by atoms with E-state index in [1.165, 1.54) is 0 Å². The first-order valence-corrected chi connectivity index (χ1v) is 3.40. The van der Waals surface area contributed by atoms with Crippen LogP contribution >= 0.6 is 0 Å². The molecule has 1 aliphatic rings. The summed E-state index contributed by atoms with van der Waals surface area (Å²) < 4.78 is 5.39. The zero-order chi connectivity index (χ0) is 6.53. The summed E-state index contributed by atoms with van der Waals surface area (Å²) in [6.45, 7) is 3.79. The normalized spacial score (nSPS) is 25.5. The molecule has 1 aliphatic heterocycles. The lowest BCUT2D eigenvalue weighted by Gasteiger charge is -2.22. The Morgan fingerprint density at radius 3 is 3.00 bits per heavy atom. The lowest BCUT2D eigenvalue weighted by molar-refractivity contribution is 0.0304. The first kappa shape index (κ1) is 9.88. The zero-order valence-electron chi connectivity index (χ0n) is 5.81. The van der Waals surface area contributed by atoms with Crippen LogP contribution in [0.1, 0.15) is 7.43 Å². The fourth-order valence-corrected chi connectivity index (χ4v) is 0.979. The molecule has 1 fully saturated rings. The van der Waals surface area contributed by atoms with Crippen molar-refractivity contribution in [2.24, 2.45) is 0 Å². The minimum absolute atomic E-state index is 0. The molecule has 1 heterocycles. The smallest absolute Gasteiger partial charge is 0.0824 e. The molecule has 1 atom stereocenters. The predicted octanol–water partition coefficient (Wildman–Crippen LogP) is -0.170. The highest BCUT2D eigenvalue weighted by Gasteiger charge is 2.10. The van der Waals surface area contributed by atoms with Crippen molar-refractivity contribution in [2.75, 3.05) is 33.3 Å². The summed E-state index contributed by atoms with van der Waals surface area (Å²) in [7, 11) is 1.94. The molecule has 1 rings (SSSR count). The van der Waals surface area contributed by atoms with Gasteiger partial charge < -0.3 is 15.4 Å². The molecular formula is C7H18N2O. The quantitative estimate of drug-likeness (QED) is 0.567. The predicted molar refractivity (Wildman–Crippen MR) is 43.3 cm³/mol. The highest BCUT2D eigenvalue weighted by atomic mass is 16.5. The van der Waals surface area contributed by atoms with Crippen LogP contribution in [0.2, 0.25) is 0 Å². The average Bonchev–Trinajstić information content (AvgIpc) is 1.91. The van der Waals surface area contributed by atoms with Crippen molar-refractivity contribution in [2.45, 2.75) is 13.5 Å². The molecule has 2 N–H and O–H groups in total. The van der Waals surface area contributed by atoms with Gasteiger partial charge in [0.25, 0.3) is 0 Å². The molecule has 0 bridgehead atoms. The van der Waals surface area contributed by atoms with Crippen LogP contribution < -0.4 is 10.6 Å². The van der Waals surface area contributed by atoms with E-state index in [-0.39, 0.29) is 7.43 Å². The third-order valence-corrected chi connectivity index (χ3v) is 1.44. The summed E-state index contributed by atoms with van der Waals surface area (Å²) in [6, 6.07) is 0. The van der Waals surface area contributed by atoms with E-state index in [9.17, 15) is 0 Å². The van der Waals surface area contributed by atoms with Crippen LogP contribution in [0.3, 0.4) is 0 Å². The maximum Gasteiger partial charge on any atom is 0.0824 e. The van der Waals surface area contributed by atoms with Gasteiger partial charge in [-0.1, -0.05) is 7.43 Å². The fraction of sp³-hybridized carbons (Fsp3) is 1.00. The van der Waals surface area contributed by atoms with Crippen molar-refractivity contribution in [3.63, 3.8) is 0 Å². The summed E-state index contributed by atoms with van der Waals surface area (Å²) >= 11 is 0. The lowest BCUT2D eigenvalue weighted by atomic mass is 10.3. The minimum Gasteiger partial charge on any atom is -0.374 e. The molecule has 0 saturated carbocycles. The van der Waals surface area contributed by atoms with Crippen molar-refractivity contribution < 1.29 is 4.74 Å². The molecule has 0 spiro atoms. The Morgan fingerprint density at radius 2 is 2.50 bits per heavy atom. The van der Waals surface area contributed by atoms with Crippen LogP contribution in [-0.2, 0) is 4.74 Å². The Morgan fingerprint density at radius 1 is 1.70 bits per heavy atom. The fourth-order valence-electron chi connectivity index (χ4n) is 0.979. The molecule has 0 radical (unpaired) electrons. The number of rotatable bonds is 2. The van der Waals surface area contributed by atoms with E-state index in [1.807, 2.05) is 7.05 Å². The summed E-state index contributed by atoms with van der Waals surface area (Å²) in [5.74, 6) is 0. The highest BCUT2D eigenvalue weighted by molar-refractivity contribution is 4.67. The Kier molecular flexibility index (Phi) is 5.58. The SMILES string of the molecule is C.CNCC1CNCCO1. The molecule has 0 amide bonds. The number of morpholine rings is 1. The van der Waals surface area contributed by atoms with Gasteiger partial charge in [0.2, 0.25) is 0 Å². The average molecular weight is 146 g/mol. The zero-order valence-corrected chi connectivity index (χ0v) is 5.81. The van der Waals surface area contributed by atoms with E-state index < -0.39 is 0 Å². The second-order valence-corrected chi connectivity index (χ2v) is 2.25. The molecule has 62 valence electrons. The summed E-state index contributed by atoms with van der Waals surface area (Å²) in [4.78, 5) is 0. The van der Waals surface area contributed by atoms with Gasteiger partial charge in [0.05, 0.1) is 12.7 Å². The van der Waals surface area contributed by atoms with Crippen LogP contribution in [0.4, 0.5) is 0 Å². The Labute approximate surface area is 63.1 Å². The van der Waals surface area contributed by atoms with E-state index >= 15 is 0 Å². The summed E-state index contributed by atoms with van der Waals surface area (Å²) in [5, 5.41) is 6.33. The number of nitrogens with one attached hydrogen (secondary N) is 2. The first-order valence-electron chi connectivity index (χ1n) is 3.40. The van der Waals surface area contributed by atoms with Gasteiger partial charge in [-0.2, -0.15) is 0 Å². The van der Waals surface area contributed by atoms with Crippen LogP contribution in [0.25, 0.3) is 0 Å². The Hall–Kier alpha value is -0.120. The van der Waals surface area contributed by atoms with Gasteiger partial charge >= 0.3 is 0 Å². The Bertz CT molecular complexity index is 69.3. The summed E-state index contributed by atoms with van der Waals surface area (Å²) in [5.41, 5.74) is 0. The van der Waals surface area contributed by atoms with E-state index in [0.29, 0.717) is 6.10 Å². The maximum absolute atomic E-state index is 5.39. The van der Waals surface area contributed by atoms with Gasteiger partial charge in [-0.25, -0.2) is 0 Å². The standard InChI is InChI=1S/C6H14N2O.CH4/c1-7-4-6-5-8-2-3-9-6;/h6-8H,2-5H2,1H3;1H4. The number of hydrogen-bond donors (Lipinski definition) is 2. The van der Waals surface area contributed by atoms with Crippen molar-refractivity contribution in [1.82, 2.24) is 10.6 Å². The molecular weight excluding hydrogens is 128 g/mol. The molecule has 10 heavy (non-hydrogen) atoms. The Balaban J connectivity index is 0.000000810. The van der Waals surface area contributed by atoms with Crippen molar-refractivity contribution in [1.29, 1.82) is 0 Å². The topological polar surface area (TPSA) is 33.3 Å². The van der Waals surface area contributed by atoms with Crippen LogP contribution in [0.15, 0.2) is 0 Å². The van der Waals surface area contributed by atoms with Crippen molar-refractivity contribution in [3.8, 4) is 0 Å². The number of ether oxygens (including phenoxy) is 1. The maximum atomic E-state index is 5.39. The first-order chi connectivity index (χ1) is 4.43. The highest BCUT2D eigenvalue weighted by Crippen LogP contribution is 1.92. The van der Waals surface area contributed by atoms with E-state index in [1.54, 1.807) is 0 Å². The summed E-state index contributed by atoms with van der Waals surface area (Å²) in [6.07, 6.45) is 0.378. The third kappa shape index (κ3) is 3.15. The van der Waals surface area contributed by atoms with E-state index in [2.05, 4.69) is 10.6 Å². The molecule has 1 saturated heterocycles. The van der Waals surface area contributed by atoms with E-state index in [4.69, 9.17) is 4.74 Å². The second-order valence-electron chi connectivity index (χ2n) is 2.25. The molecule has 0 aliphatic carbocycles. The molecule has 0 aromatic heterocycles. The van der Waals surface area contributed by atoms with Gasteiger partial charge in [-0.15, -0.1) is 0 Å². The number of hydrogen-bond acceptors (Lipinski definition) is 3. The molecule has 0 aromatic carbocycles. The van der Waals surface area contributed by atoms with Gasteiger partial charge in [0.1, 0.15) is 0 Å². The second kappa shape index (κ2) is 5.65. The molecule has 3 heteroatoms. The molecule has 0 aromatic rings. The third-order valence-electron chi connectivity index (χ3n) is 1.44. The monoisotopic (exact) mass is 146 g/mol. The van der Waals surface area contributed by atoms with E-state index in [0.717, 1.165) is 26.2 Å². The van der Waals surface area contributed by atoms with Gasteiger partial charge in [0, 0.05) is 19.6 Å². The van der Waals surface area contributed by atoms with Crippen molar-refractivity contribution in [3.05, 3.63) is 0 Å². The number of likely N-dealkylation sites (N-methyl/N-ethyl adjacent to an activating group) is 1. The van der Waals surface area contributed by atoms with Crippen LogP contribution in [0.5, 0.6) is 0 Å². The largest absolute Gasteiger partial charge is 0.374 e. The van der Waals surface area contributed by atoms with Gasteiger partial charge in [0.15, 0.2) is 0 Å². The molecule has 3 nitrogen and oxygen atoms in total.